The molecular weight excluding hydrogens is 475 g/mol. The van der Waals surface area contributed by atoms with Crippen LogP contribution in [0.3, 0.4) is 0 Å². The molecule has 2 aromatic rings. The summed E-state index contributed by atoms with van der Waals surface area (Å²) >= 11 is 0. The van der Waals surface area contributed by atoms with Crippen molar-refractivity contribution in [2.75, 3.05) is 51.7 Å². The number of halogens is 1. The van der Waals surface area contributed by atoms with Gasteiger partial charge in [-0.05, 0) is 31.2 Å². The Morgan fingerprint density at radius 1 is 1.07 bits per heavy atom. The van der Waals surface area contributed by atoms with Crippen LogP contribution in [0.15, 0.2) is 53.7 Å². The van der Waals surface area contributed by atoms with Gasteiger partial charge in [0.15, 0.2) is 5.96 Å². The van der Waals surface area contributed by atoms with Gasteiger partial charge in [-0.15, -0.1) is 24.0 Å². The highest BCUT2D eigenvalue weighted by Crippen LogP contribution is 2.14. The van der Waals surface area contributed by atoms with E-state index in [1.165, 1.54) is 5.56 Å². The lowest BCUT2D eigenvalue weighted by Crippen LogP contribution is -2.44. The van der Waals surface area contributed by atoms with Crippen molar-refractivity contribution in [1.82, 2.24) is 20.1 Å². The van der Waals surface area contributed by atoms with E-state index in [9.17, 15) is 0 Å². The number of guanidine groups is 1. The Kier molecular flexibility index (Phi) is 9.66. The van der Waals surface area contributed by atoms with Gasteiger partial charge in [-0.1, -0.05) is 36.4 Å². The average Bonchev–Trinajstić information content (AvgIpc) is 2.73. The first-order chi connectivity index (χ1) is 13.7. The fourth-order valence-electron chi connectivity index (χ4n) is 3.30. The average molecular weight is 508 g/mol. The number of rotatable bonds is 6. The summed E-state index contributed by atoms with van der Waals surface area (Å²) in [6.45, 7) is 8.65. The van der Waals surface area contributed by atoms with Gasteiger partial charge in [-0.3, -0.25) is 0 Å². The van der Waals surface area contributed by atoms with E-state index in [1.807, 2.05) is 12.3 Å². The summed E-state index contributed by atoms with van der Waals surface area (Å²) in [7, 11) is 4.24. The van der Waals surface area contributed by atoms with Crippen molar-refractivity contribution in [3.8, 4) is 0 Å². The first-order valence-electron chi connectivity index (χ1n) is 10.1. The van der Waals surface area contributed by atoms with Crippen molar-refractivity contribution in [1.29, 1.82) is 0 Å². The molecule has 1 aromatic carbocycles. The second kappa shape index (κ2) is 12.0. The monoisotopic (exact) mass is 508 g/mol. The molecule has 3 rings (SSSR count). The molecule has 1 aliphatic heterocycles. The van der Waals surface area contributed by atoms with Gasteiger partial charge < -0.3 is 20.0 Å². The van der Waals surface area contributed by atoms with Gasteiger partial charge in [0.05, 0.1) is 6.54 Å². The third-order valence-corrected chi connectivity index (χ3v) is 5.01. The van der Waals surface area contributed by atoms with Crippen LogP contribution in [-0.2, 0) is 13.1 Å². The molecule has 1 aromatic heterocycles. The zero-order chi connectivity index (χ0) is 19.8. The highest BCUT2D eigenvalue weighted by atomic mass is 127. The maximum atomic E-state index is 4.80. The van der Waals surface area contributed by atoms with Crippen LogP contribution >= 0.6 is 24.0 Å². The van der Waals surface area contributed by atoms with Crippen LogP contribution in [0.25, 0.3) is 0 Å². The van der Waals surface area contributed by atoms with Crippen LogP contribution in [0.5, 0.6) is 0 Å². The first-order valence-corrected chi connectivity index (χ1v) is 10.1. The molecular formula is C22H33IN6. The highest BCUT2D eigenvalue weighted by molar-refractivity contribution is 14.0. The molecule has 0 radical (unpaired) electrons. The topological polar surface area (TPSA) is 47.0 Å². The van der Waals surface area contributed by atoms with Crippen LogP contribution in [0.1, 0.15) is 18.1 Å². The first kappa shape index (κ1) is 23.4. The molecule has 1 aliphatic rings. The summed E-state index contributed by atoms with van der Waals surface area (Å²) in [5.41, 5.74) is 2.40. The van der Waals surface area contributed by atoms with Gasteiger partial charge in [0.25, 0.3) is 0 Å². The van der Waals surface area contributed by atoms with E-state index in [2.05, 4.69) is 82.4 Å². The lowest BCUT2D eigenvalue weighted by atomic mass is 10.2. The second-order valence-corrected chi connectivity index (χ2v) is 7.33. The van der Waals surface area contributed by atoms with Crippen LogP contribution in [0.4, 0.5) is 5.82 Å². The maximum Gasteiger partial charge on any atom is 0.194 e. The van der Waals surface area contributed by atoms with Gasteiger partial charge in [0.2, 0.25) is 0 Å². The van der Waals surface area contributed by atoms with Gasteiger partial charge >= 0.3 is 0 Å². The standard InChI is InChI=1S/C22H32N6.HI/c1-4-23-22(27(3)18-19-8-6-5-7-9-19)25-17-20-10-11-21(24-16-20)28-14-12-26(2)13-15-28;/h5-11,16H,4,12-15,17-18H2,1-3H3,(H,23,25);1H. The number of nitrogens with one attached hydrogen (secondary N) is 1. The molecule has 7 heteroatoms. The minimum atomic E-state index is 0. The number of anilines is 1. The summed E-state index contributed by atoms with van der Waals surface area (Å²) in [5, 5.41) is 3.38. The number of nitrogens with zero attached hydrogens (tertiary/aromatic N) is 5. The van der Waals surface area contributed by atoms with E-state index in [0.717, 1.165) is 56.6 Å². The molecule has 0 amide bonds. The molecule has 1 fully saturated rings. The largest absolute Gasteiger partial charge is 0.357 e. The van der Waals surface area contributed by atoms with E-state index in [-0.39, 0.29) is 24.0 Å². The minimum absolute atomic E-state index is 0. The molecule has 158 valence electrons. The number of hydrogen-bond donors (Lipinski definition) is 1. The van der Waals surface area contributed by atoms with Crippen molar-refractivity contribution in [2.24, 2.45) is 4.99 Å². The minimum Gasteiger partial charge on any atom is -0.357 e. The summed E-state index contributed by atoms with van der Waals surface area (Å²) in [6, 6.07) is 14.7. The van der Waals surface area contributed by atoms with Crippen LogP contribution in [0, 0.1) is 0 Å². The van der Waals surface area contributed by atoms with E-state index in [1.54, 1.807) is 0 Å². The predicted molar refractivity (Wildman–Crippen MR) is 132 cm³/mol. The fourth-order valence-corrected chi connectivity index (χ4v) is 3.30. The van der Waals surface area contributed by atoms with Gasteiger partial charge in [-0.2, -0.15) is 0 Å². The zero-order valence-corrected chi connectivity index (χ0v) is 20.0. The molecule has 0 aliphatic carbocycles. The summed E-state index contributed by atoms with van der Waals surface area (Å²) in [4.78, 5) is 16.3. The molecule has 2 heterocycles. The summed E-state index contributed by atoms with van der Waals surface area (Å²) in [5.74, 6) is 1.98. The maximum absolute atomic E-state index is 4.80. The summed E-state index contributed by atoms with van der Waals surface area (Å²) in [6.07, 6.45) is 1.96. The number of aromatic nitrogens is 1. The van der Waals surface area contributed by atoms with Crippen molar-refractivity contribution < 1.29 is 0 Å². The molecule has 29 heavy (non-hydrogen) atoms. The Morgan fingerprint density at radius 3 is 2.41 bits per heavy atom. The number of hydrogen-bond acceptors (Lipinski definition) is 4. The molecule has 0 saturated carbocycles. The van der Waals surface area contributed by atoms with E-state index in [4.69, 9.17) is 4.99 Å². The Morgan fingerprint density at radius 2 is 1.79 bits per heavy atom. The Bertz CT molecular complexity index is 742. The lowest BCUT2D eigenvalue weighted by molar-refractivity contribution is 0.312. The van der Waals surface area contributed by atoms with Gasteiger partial charge in [-0.25, -0.2) is 9.98 Å². The van der Waals surface area contributed by atoms with Crippen LogP contribution < -0.4 is 10.2 Å². The van der Waals surface area contributed by atoms with Crippen molar-refractivity contribution in [3.05, 3.63) is 59.8 Å². The smallest absolute Gasteiger partial charge is 0.194 e. The predicted octanol–water partition coefficient (Wildman–Crippen LogP) is 3.05. The van der Waals surface area contributed by atoms with Crippen LogP contribution in [0.2, 0.25) is 0 Å². The third kappa shape index (κ3) is 7.15. The van der Waals surface area contributed by atoms with E-state index < -0.39 is 0 Å². The fraction of sp³-hybridized carbons (Fsp3) is 0.455. The third-order valence-electron chi connectivity index (χ3n) is 5.01. The molecule has 0 spiro atoms. The Hall–Kier alpha value is -1.87. The normalized spacial score (nSPS) is 15.0. The molecule has 0 atom stereocenters. The van der Waals surface area contributed by atoms with Gasteiger partial charge in [0, 0.05) is 52.5 Å². The van der Waals surface area contributed by atoms with E-state index in [0.29, 0.717) is 6.54 Å². The Labute approximate surface area is 192 Å². The molecule has 1 saturated heterocycles. The van der Waals surface area contributed by atoms with Gasteiger partial charge in [0.1, 0.15) is 5.82 Å². The van der Waals surface area contributed by atoms with Crippen molar-refractivity contribution >= 4 is 35.8 Å². The second-order valence-electron chi connectivity index (χ2n) is 7.33. The molecule has 0 unspecified atom stereocenters. The Balaban J connectivity index is 0.00000300. The molecule has 1 N–H and O–H groups in total. The number of likely N-dealkylation sites (N-methyl/N-ethyl adjacent to an activating group) is 1. The van der Waals surface area contributed by atoms with Crippen molar-refractivity contribution in [2.45, 2.75) is 20.0 Å². The zero-order valence-electron chi connectivity index (χ0n) is 17.7. The number of benzene rings is 1. The lowest BCUT2D eigenvalue weighted by Gasteiger charge is -2.33. The molecule has 6 nitrogen and oxygen atoms in total. The number of aliphatic imine (C=N–C) groups is 1. The number of piperazine rings is 1. The van der Waals surface area contributed by atoms with Crippen LogP contribution in [-0.4, -0.2) is 67.6 Å². The quantitative estimate of drug-likeness (QED) is 0.370. The SMILES string of the molecule is CCNC(=NCc1ccc(N2CCN(C)CC2)nc1)N(C)Cc1ccccc1.I. The van der Waals surface area contributed by atoms with E-state index >= 15 is 0 Å². The molecule has 0 bridgehead atoms. The highest BCUT2D eigenvalue weighted by Gasteiger charge is 2.15. The van der Waals surface area contributed by atoms with Crippen molar-refractivity contribution in [3.63, 3.8) is 0 Å². The summed E-state index contributed by atoms with van der Waals surface area (Å²) < 4.78 is 0. The number of pyridine rings is 1.